The molecule has 0 saturated carbocycles. The van der Waals surface area contributed by atoms with Gasteiger partial charge in [-0.05, 0) is 27.7 Å². The fourth-order valence-electron chi connectivity index (χ4n) is 1.34. The summed E-state index contributed by atoms with van der Waals surface area (Å²) < 4.78 is 9.22. The Morgan fingerprint density at radius 1 is 1.18 bits per heavy atom. The van der Waals surface area contributed by atoms with Crippen molar-refractivity contribution in [3.05, 3.63) is 33.8 Å². The predicted molar refractivity (Wildman–Crippen MR) is 78.4 cm³/mol. The van der Waals surface area contributed by atoms with Crippen molar-refractivity contribution in [2.45, 2.75) is 27.7 Å². The van der Waals surface area contributed by atoms with Crippen LogP contribution in [-0.4, -0.2) is 41.1 Å². The largest absolute Gasteiger partial charge is 0.462 e. The molecule has 0 bridgehead atoms. The fourth-order valence-corrected chi connectivity index (χ4v) is 1.34. The van der Waals surface area contributed by atoms with Crippen LogP contribution in [-0.2, 0) is 19.1 Å². The van der Waals surface area contributed by atoms with Crippen LogP contribution in [0.5, 0.6) is 0 Å². The Labute approximate surface area is 127 Å². The van der Waals surface area contributed by atoms with Crippen LogP contribution < -0.4 is 5.56 Å². The summed E-state index contributed by atoms with van der Waals surface area (Å²) in [7, 11) is 0. The molecule has 2 N–H and O–H groups in total. The van der Waals surface area contributed by atoms with Crippen molar-refractivity contribution in [1.82, 2.24) is 10.2 Å². The number of hydrogen-bond acceptors (Lipinski definition) is 6. The highest BCUT2D eigenvalue weighted by Crippen LogP contribution is 1.98. The van der Waals surface area contributed by atoms with Gasteiger partial charge in [-0.2, -0.15) is 0 Å². The van der Waals surface area contributed by atoms with Crippen molar-refractivity contribution in [2.75, 3.05) is 13.2 Å². The first kappa shape index (κ1) is 19.4. The lowest BCUT2D eigenvalue weighted by Gasteiger charge is -2.01. The van der Waals surface area contributed by atoms with Crippen molar-refractivity contribution in [2.24, 2.45) is 0 Å². The van der Waals surface area contributed by atoms with Crippen molar-refractivity contribution in [3.63, 3.8) is 0 Å². The van der Waals surface area contributed by atoms with Gasteiger partial charge in [0, 0.05) is 6.20 Å². The molecule has 22 heavy (non-hydrogen) atoms. The summed E-state index contributed by atoms with van der Waals surface area (Å²) in [6, 6.07) is 0. The summed E-state index contributed by atoms with van der Waals surface area (Å²) >= 11 is 0. The lowest BCUT2D eigenvalue weighted by atomic mass is 10.2. The molecule has 0 aliphatic carbocycles. The van der Waals surface area contributed by atoms with E-state index in [1.165, 1.54) is 19.2 Å². The molecule has 1 rings (SSSR count). The number of aromatic amines is 2. The Morgan fingerprint density at radius 2 is 1.77 bits per heavy atom. The van der Waals surface area contributed by atoms with Gasteiger partial charge in [-0.15, -0.1) is 0 Å². The molecule has 1 aromatic rings. The standard InChI is InChI=1S/C8H12O3.C6H8N2O3/c1-4-7(6(3)9)8(10)11-5-2;1-2-11-6(10)4-3-7-8-5(4)9/h4H,5H2,1-3H3;3H,2H2,1H3,(H2,7,8,9)/b7-4+;. The summed E-state index contributed by atoms with van der Waals surface area (Å²) in [5, 5.41) is 4.63. The van der Waals surface area contributed by atoms with Crippen molar-refractivity contribution < 1.29 is 23.9 Å². The van der Waals surface area contributed by atoms with Gasteiger partial charge < -0.3 is 14.6 Å². The van der Waals surface area contributed by atoms with Crippen LogP contribution >= 0.6 is 0 Å². The third kappa shape index (κ3) is 6.21. The number of ketones is 1. The van der Waals surface area contributed by atoms with Gasteiger partial charge in [0.2, 0.25) is 0 Å². The average Bonchev–Trinajstić information content (AvgIpc) is 2.87. The van der Waals surface area contributed by atoms with Gasteiger partial charge in [-0.1, -0.05) is 6.08 Å². The second kappa shape index (κ2) is 10.1. The van der Waals surface area contributed by atoms with Crippen LogP contribution in [0.2, 0.25) is 0 Å². The minimum Gasteiger partial charge on any atom is -0.462 e. The normalized spacial score (nSPS) is 10.3. The summed E-state index contributed by atoms with van der Waals surface area (Å²) in [6.07, 6.45) is 2.74. The summed E-state index contributed by atoms with van der Waals surface area (Å²) in [4.78, 5) is 43.2. The fraction of sp³-hybridized carbons (Fsp3) is 0.429. The molecule has 0 unspecified atom stereocenters. The number of hydrogen-bond donors (Lipinski definition) is 2. The molecule has 0 radical (unpaired) electrons. The Bertz CT molecular complexity index is 596. The summed E-state index contributed by atoms with van der Waals surface area (Å²) in [5.74, 6) is -1.40. The number of ether oxygens (including phenoxy) is 2. The molecule has 0 atom stereocenters. The van der Waals surface area contributed by atoms with Gasteiger partial charge in [-0.3, -0.25) is 14.7 Å². The highest BCUT2D eigenvalue weighted by atomic mass is 16.5. The number of esters is 2. The number of nitrogens with one attached hydrogen (secondary N) is 2. The molecule has 122 valence electrons. The molecule has 8 heteroatoms. The van der Waals surface area contributed by atoms with Gasteiger partial charge in [0.25, 0.3) is 5.56 Å². The first-order valence-electron chi connectivity index (χ1n) is 6.66. The van der Waals surface area contributed by atoms with E-state index < -0.39 is 17.5 Å². The van der Waals surface area contributed by atoms with Crippen molar-refractivity contribution in [3.8, 4) is 0 Å². The van der Waals surface area contributed by atoms with Gasteiger partial charge >= 0.3 is 11.9 Å². The van der Waals surface area contributed by atoms with Gasteiger partial charge in [0.1, 0.15) is 5.56 Å². The highest BCUT2D eigenvalue weighted by Gasteiger charge is 2.13. The quantitative estimate of drug-likeness (QED) is 0.362. The molecular formula is C14H20N2O6. The maximum Gasteiger partial charge on any atom is 0.345 e. The van der Waals surface area contributed by atoms with E-state index in [0.717, 1.165) is 0 Å². The topological polar surface area (TPSA) is 118 Å². The van der Waals surface area contributed by atoms with E-state index in [1.54, 1.807) is 20.8 Å². The van der Waals surface area contributed by atoms with Crippen LogP contribution in [0.3, 0.4) is 0 Å². The van der Waals surface area contributed by atoms with Crippen molar-refractivity contribution in [1.29, 1.82) is 0 Å². The molecule has 0 amide bonds. The zero-order valence-corrected chi connectivity index (χ0v) is 13.0. The van der Waals surface area contributed by atoms with Gasteiger partial charge in [-0.25, -0.2) is 9.59 Å². The second-order valence-corrected chi connectivity index (χ2v) is 3.86. The zero-order valence-electron chi connectivity index (χ0n) is 13.0. The average molecular weight is 312 g/mol. The maximum atomic E-state index is 10.9. The van der Waals surface area contributed by atoms with E-state index in [1.807, 2.05) is 0 Å². The smallest absolute Gasteiger partial charge is 0.345 e. The van der Waals surface area contributed by atoms with Crippen LogP contribution in [0.25, 0.3) is 0 Å². The van der Waals surface area contributed by atoms with E-state index in [4.69, 9.17) is 0 Å². The number of carbonyl (C=O) groups excluding carboxylic acids is 3. The first-order chi connectivity index (χ1) is 10.4. The number of carbonyl (C=O) groups is 3. The Morgan fingerprint density at radius 3 is 2.14 bits per heavy atom. The first-order valence-corrected chi connectivity index (χ1v) is 6.66. The number of rotatable bonds is 5. The molecule has 0 aliphatic heterocycles. The third-order valence-electron chi connectivity index (χ3n) is 2.31. The molecule has 0 aromatic carbocycles. The molecular weight excluding hydrogens is 292 g/mol. The monoisotopic (exact) mass is 312 g/mol. The number of aromatic nitrogens is 2. The van der Waals surface area contributed by atoms with E-state index in [2.05, 4.69) is 19.7 Å². The van der Waals surface area contributed by atoms with E-state index >= 15 is 0 Å². The van der Waals surface area contributed by atoms with Crippen molar-refractivity contribution >= 4 is 17.7 Å². The molecule has 1 heterocycles. The van der Waals surface area contributed by atoms with E-state index in [9.17, 15) is 19.2 Å². The van der Waals surface area contributed by atoms with Crippen LogP contribution in [0.4, 0.5) is 0 Å². The van der Waals surface area contributed by atoms with Crippen LogP contribution in [0.15, 0.2) is 22.6 Å². The molecule has 8 nitrogen and oxygen atoms in total. The van der Waals surface area contributed by atoms with E-state index in [0.29, 0.717) is 6.61 Å². The predicted octanol–water partition coefficient (Wildman–Crippen LogP) is 0.964. The number of allylic oxidation sites excluding steroid dienone is 1. The minimum absolute atomic E-state index is 0.00634. The number of Topliss-reactive ketones (excluding diaryl/α,β-unsaturated/α-hetero) is 1. The molecule has 0 saturated heterocycles. The summed E-state index contributed by atoms with van der Waals surface area (Å²) in [6.45, 7) is 6.91. The minimum atomic E-state index is -0.602. The number of H-pyrrole nitrogens is 2. The summed E-state index contributed by atoms with van der Waals surface area (Å²) in [5.41, 5.74) is -0.331. The zero-order chi connectivity index (χ0) is 17.1. The molecule has 1 aromatic heterocycles. The Balaban J connectivity index is 0.000000401. The van der Waals surface area contributed by atoms with Gasteiger partial charge in [0.05, 0.1) is 18.8 Å². The Hall–Kier alpha value is -2.64. The van der Waals surface area contributed by atoms with E-state index in [-0.39, 0.29) is 23.5 Å². The molecule has 0 spiro atoms. The third-order valence-corrected chi connectivity index (χ3v) is 2.31. The van der Waals surface area contributed by atoms with Crippen LogP contribution in [0, 0.1) is 0 Å². The highest BCUT2D eigenvalue weighted by molar-refractivity contribution is 6.16. The SMILES string of the molecule is C/C=C(\C(C)=O)C(=O)OCC.CCOC(=O)c1c[nH][nH]c1=O. The molecule has 0 aliphatic rings. The van der Waals surface area contributed by atoms with Gasteiger partial charge in [0.15, 0.2) is 5.78 Å². The van der Waals surface area contributed by atoms with Crippen LogP contribution in [0.1, 0.15) is 38.1 Å². The molecule has 0 fully saturated rings. The lowest BCUT2D eigenvalue weighted by Crippen LogP contribution is -2.14. The Kier molecular flexibility index (Phi) is 8.92. The maximum absolute atomic E-state index is 10.9. The lowest BCUT2D eigenvalue weighted by molar-refractivity contribution is -0.139. The second-order valence-electron chi connectivity index (χ2n) is 3.86.